The molecule has 124 valence electrons. The van der Waals surface area contributed by atoms with Crippen LogP contribution >= 0.6 is 11.3 Å². The zero-order valence-electron chi connectivity index (χ0n) is 13.5. The summed E-state index contributed by atoms with van der Waals surface area (Å²) in [6.07, 6.45) is 0.000529. The molecule has 1 N–H and O–H groups in total. The van der Waals surface area contributed by atoms with Gasteiger partial charge >= 0.3 is 5.97 Å². The predicted molar refractivity (Wildman–Crippen MR) is 92.3 cm³/mol. The molecule has 0 fully saturated rings. The fourth-order valence-electron chi connectivity index (χ4n) is 2.33. The van der Waals surface area contributed by atoms with Crippen molar-refractivity contribution >= 4 is 39.0 Å². The van der Waals surface area contributed by atoms with Crippen molar-refractivity contribution in [1.29, 1.82) is 0 Å². The fourth-order valence-corrected chi connectivity index (χ4v) is 3.38. The van der Waals surface area contributed by atoms with Gasteiger partial charge in [0.15, 0.2) is 0 Å². The highest BCUT2D eigenvalue weighted by Crippen LogP contribution is 2.34. The average Bonchev–Trinajstić information content (AvgIpc) is 2.84. The number of rotatable bonds is 4. The van der Waals surface area contributed by atoms with Gasteiger partial charge in [0.1, 0.15) is 28.7 Å². The van der Waals surface area contributed by atoms with Gasteiger partial charge in [-0.1, -0.05) is 0 Å². The van der Waals surface area contributed by atoms with Gasteiger partial charge in [0, 0.05) is 10.6 Å². The Morgan fingerprint density at radius 2 is 1.96 bits per heavy atom. The molecular weight excluding hydrogens is 329 g/mol. The number of esters is 1. The molecule has 1 aromatic carbocycles. The van der Waals surface area contributed by atoms with E-state index in [0.717, 1.165) is 20.7 Å². The van der Waals surface area contributed by atoms with Gasteiger partial charge in [-0.25, -0.2) is 14.4 Å². The van der Waals surface area contributed by atoms with E-state index in [0.29, 0.717) is 17.3 Å². The van der Waals surface area contributed by atoms with E-state index in [1.165, 1.54) is 19.2 Å². The highest BCUT2D eigenvalue weighted by atomic mass is 32.1. The number of aryl methyl sites for hydroxylation is 2. The van der Waals surface area contributed by atoms with Crippen LogP contribution in [-0.4, -0.2) is 23.0 Å². The molecule has 0 aliphatic carbocycles. The number of nitrogens with zero attached hydrogens (tertiary/aromatic N) is 2. The van der Waals surface area contributed by atoms with Crippen LogP contribution in [0.1, 0.15) is 16.3 Å². The van der Waals surface area contributed by atoms with Crippen molar-refractivity contribution in [3.63, 3.8) is 0 Å². The molecule has 3 rings (SSSR count). The first-order valence-corrected chi connectivity index (χ1v) is 8.15. The highest BCUT2D eigenvalue weighted by Gasteiger charge is 2.16. The third-order valence-electron chi connectivity index (χ3n) is 3.71. The maximum Gasteiger partial charge on any atom is 0.313 e. The molecule has 24 heavy (non-hydrogen) atoms. The van der Waals surface area contributed by atoms with E-state index in [1.54, 1.807) is 23.5 Å². The summed E-state index contributed by atoms with van der Waals surface area (Å²) in [6, 6.07) is 6.03. The first kappa shape index (κ1) is 16.3. The second-order valence-corrected chi connectivity index (χ2v) is 6.54. The third-order valence-corrected chi connectivity index (χ3v) is 4.81. The summed E-state index contributed by atoms with van der Waals surface area (Å²) >= 11 is 1.55. The molecule has 2 heterocycles. The quantitative estimate of drug-likeness (QED) is 0.727. The van der Waals surface area contributed by atoms with Crippen molar-refractivity contribution in [2.45, 2.75) is 20.3 Å². The van der Waals surface area contributed by atoms with Crippen molar-refractivity contribution in [1.82, 2.24) is 9.97 Å². The molecule has 0 saturated heterocycles. The fraction of sp³-hybridized carbons (Fsp3) is 0.235. The first-order chi connectivity index (χ1) is 11.5. The number of benzene rings is 1. The predicted octanol–water partition coefficient (Wildman–Crippen LogP) is 3.91. The number of nitrogens with one attached hydrogen (secondary N) is 1. The molecule has 0 saturated carbocycles. The lowest BCUT2D eigenvalue weighted by molar-refractivity contribution is -0.139. The Bertz CT molecular complexity index is 906. The minimum absolute atomic E-state index is 0.000529. The van der Waals surface area contributed by atoms with E-state index in [2.05, 4.69) is 20.0 Å². The average molecular weight is 345 g/mol. The van der Waals surface area contributed by atoms with Gasteiger partial charge < -0.3 is 10.1 Å². The van der Waals surface area contributed by atoms with Gasteiger partial charge in [0.05, 0.1) is 12.5 Å². The topological polar surface area (TPSA) is 64.1 Å². The number of fused-ring (bicyclic) bond motifs is 1. The largest absolute Gasteiger partial charge is 0.469 e. The van der Waals surface area contributed by atoms with E-state index in [9.17, 15) is 9.18 Å². The molecule has 3 aromatic rings. The second-order valence-electron chi connectivity index (χ2n) is 5.34. The highest BCUT2D eigenvalue weighted by molar-refractivity contribution is 7.18. The molecule has 0 aliphatic heterocycles. The minimum Gasteiger partial charge on any atom is -0.469 e. The third kappa shape index (κ3) is 3.21. The number of ether oxygens (including phenoxy) is 1. The van der Waals surface area contributed by atoms with Crippen LogP contribution in [0.5, 0.6) is 0 Å². The van der Waals surface area contributed by atoms with Gasteiger partial charge in [0.2, 0.25) is 0 Å². The Morgan fingerprint density at radius 3 is 2.62 bits per heavy atom. The van der Waals surface area contributed by atoms with E-state index in [4.69, 9.17) is 0 Å². The lowest BCUT2D eigenvalue weighted by Gasteiger charge is -2.09. The van der Waals surface area contributed by atoms with E-state index in [-0.39, 0.29) is 12.2 Å². The van der Waals surface area contributed by atoms with Crippen LogP contribution in [0.15, 0.2) is 24.3 Å². The molecule has 0 amide bonds. The summed E-state index contributed by atoms with van der Waals surface area (Å²) in [5.74, 6) is 0.293. The zero-order chi connectivity index (χ0) is 17.3. The smallest absolute Gasteiger partial charge is 0.313 e. The van der Waals surface area contributed by atoms with Crippen molar-refractivity contribution < 1.29 is 13.9 Å². The summed E-state index contributed by atoms with van der Waals surface area (Å²) in [6.45, 7) is 4.02. The van der Waals surface area contributed by atoms with Gasteiger partial charge in [-0.3, -0.25) is 4.79 Å². The summed E-state index contributed by atoms with van der Waals surface area (Å²) in [4.78, 5) is 22.4. The molecule has 0 bridgehead atoms. The summed E-state index contributed by atoms with van der Waals surface area (Å²) in [5, 5.41) is 4.11. The molecule has 5 nitrogen and oxygen atoms in total. The molecular formula is C17H16FN3O2S. The van der Waals surface area contributed by atoms with Crippen LogP contribution in [-0.2, 0) is 16.0 Å². The zero-order valence-corrected chi connectivity index (χ0v) is 14.3. The molecule has 0 unspecified atom stereocenters. The monoisotopic (exact) mass is 345 g/mol. The maximum absolute atomic E-state index is 13.1. The van der Waals surface area contributed by atoms with Crippen molar-refractivity contribution in [3.05, 3.63) is 46.3 Å². The molecule has 7 heteroatoms. The van der Waals surface area contributed by atoms with Crippen LogP contribution < -0.4 is 5.32 Å². The maximum atomic E-state index is 13.1. The van der Waals surface area contributed by atoms with Crippen LogP contribution in [0, 0.1) is 19.7 Å². The number of hydrogen-bond acceptors (Lipinski definition) is 6. The van der Waals surface area contributed by atoms with E-state index >= 15 is 0 Å². The Kier molecular flexibility index (Phi) is 4.44. The Hall–Kier alpha value is -2.54. The number of halogens is 1. The normalized spacial score (nSPS) is 10.8. The second kappa shape index (κ2) is 6.52. The van der Waals surface area contributed by atoms with E-state index in [1.807, 2.05) is 13.8 Å². The van der Waals surface area contributed by atoms with Crippen LogP contribution in [0.25, 0.3) is 10.2 Å². The van der Waals surface area contributed by atoms with Crippen LogP contribution in [0.4, 0.5) is 15.9 Å². The van der Waals surface area contributed by atoms with Gasteiger partial charge in [-0.2, -0.15) is 0 Å². The number of aromatic nitrogens is 2. The van der Waals surface area contributed by atoms with Gasteiger partial charge in [-0.15, -0.1) is 11.3 Å². The van der Waals surface area contributed by atoms with Gasteiger partial charge in [-0.05, 0) is 43.7 Å². The number of carbonyl (C=O) groups excluding carboxylic acids is 1. The molecule has 2 aromatic heterocycles. The summed E-state index contributed by atoms with van der Waals surface area (Å²) < 4.78 is 17.8. The van der Waals surface area contributed by atoms with E-state index < -0.39 is 5.97 Å². The van der Waals surface area contributed by atoms with Crippen LogP contribution in [0.3, 0.4) is 0 Å². The Labute approximate surface area is 142 Å². The lowest BCUT2D eigenvalue weighted by Crippen LogP contribution is -2.09. The lowest BCUT2D eigenvalue weighted by atomic mass is 10.2. The SMILES string of the molecule is COC(=O)Cc1nc(Nc2ccc(F)cc2)c2c(C)c(C)sc2n1. The summed E-state index contributed by atoms with van der Waals surface area (Å²) in [7, 11) is 1.33. The molecule has 0 radical (unpaired) electrons. The number of thiophene rings is 1. The number of carbonyl (C=O) groups is 1. The molecule has 0 atom stereocenters. The Morgan fingerprint density at radius 1 is 1.25 bits per heavy atom. The number of methoxy groups -OCH3 is 1. The minimum atomic E-state index is -0.396. The summed E-state index contributed by atoms with van der Waals surface area (Å²) in [5.41, 5.74) is 1.80. The van der Waals surface area contributed by atoms with Gasteiger partial charge in [0.25, 0.3) is 0 Å². The number of hydrogen-bond donors (Lipinski definition) is 1. The molecule has 0 aliphatic rings. The first-order valence-electron chi connectivity index (χ1n) is 7.34. The standard InChI is InChI=1S/C17H16FN3O2S/c1-9-10(2)24-17-15(9)16(19-12-6-4-11(18)5-7-12)20-13(21-17)8-14(22)23-3/h4-7H,8H2,1-3H3,(H,19,20,21). The van der Waals surface area contributed by atoms with Crippen molar-refractivity contribution in [2.24, 2.45) is 0 Å². The molecule has 0 spiro atoms. The van der Waals surface area contributed by atoms with Crippen molar-refractivity contribution in [3.8, 4) is 0 Å². The van der Waals surface area contributed by atoms with Crippen LogP contribution in [0.2, 0.25) is 0 Å². The number of anilines is 2. The van der Waals surface area contributed by atoms with Crippen molar-refractivity contribution in [2.75, 3.05) is 12.4 Å². The Balaban J connectivity index is 2.08.